The summed E-state index contributed by atoms with van der Waals surface area (Å²) in [5.74, 6) is 0. The third-order valence-corrected chi connectivity index (χ3v) is 0.552. The third-order valence-electron chi connectivity index (χ3n) is 0.552. The third kappa shape index (κ3) is 2.87. The van der Waals surface area contributed by atoms with E-state index < -0.39 is 0 Å². The van der Waals surface area contributed by atoms with E-state index >= 15 is 0 Å². The standard InChI is InChI=1S/C3H6O3.S/c1-2-4-6-5-3-1;/h1-3H2;. The van der Waals surface area contributed by atoms with Crippen LogP contribution in [0.2, 0.25) is 0 Å². The molecule has 1 aliphatic rings. The Bertz CT molecular complexity index is 25.7. The Labute approximate surface area is 48.9 Å². The quantitative estimate of drug-likeness (QED) is 0.447. The molecular formula is C3H6O3S. The fourth-order valence-corrected chi connectivity index (χ4v) is 0.279. The Kier molecular flexibility index (Phi) is 4.53. The molecule has 1 aliphatic heterocycles. The Morgan fingerprint density at radius 2 is 1.57 bits per heavy atom. The van der Waals surface area contributed by atoms with Crippen LogP contribution in [0.1, 0.15) is 6.42 Å². The zero-order valence-corrected chi connectivity index (χ0v) is 4.57. The van der Waals surface area contributed by atoms with E-state index in [9.17, 15) is 0 Å². The van der Waals surface area contributed by atoms with Gasteiger partial charge < -0.3 is 0 Å². The van der Waals surface area contributed by atoms with Crippen molar-refractivity contribution in [3.05, 3.63) is 0 Å². The van der Waals surface area contributed by atoms with Crippen molar-refractivity contribution in [3.63, 3.8) is 0 Å². The molecule has 3 nitrogen and oxygen atoms in total. The monoisotopic (exact) mass is 122 g/mol. The number of hydrogen-bond acceptors (Lipinski definition) is 3. The fourth-order valence-electron chi connectivity index (χ4n) is 0.279. The first-order valence-corrected chi connectivity index (χ1v) is 1.91. The van der Waals surface area contributed by atoms with E-state index in [2.05, 4.69) is 14.8 Å². The maximum Gasteiger partial charge on any atom is 0.0877 e. The molecule has 0 aromatic heterocycles. The summed E-state index contributed by atoms with van der Waals surface area (Å²) in [5.41, 5.74) is 0. The molecular weight excluding hydrogens is 116 g/mol. The van der Waals surface area contributed by atoms with Gasteiger partial charge in [-0.2, -0.15) is 0 Å². The van der Waals surface area contributed by atoms with Crippen molar-refractivity contribution in [2.75, 3.05) is 13.2 Å². The average Bonchev–Trinajstić information content (AvgIpc) is 1.72. The molecule has 1 heterocycles. The van der Waals surface area contributed by atoms with Crippen LogP contribution < -0.4 is 0 Å². The molecule has 1 saturated heterocycles. The Hall–Kier alpha value is 0.230. The highest BCUT2D eigenvalue weighted by Crippen LogP contribution is 1.93. The summed E-state index contributed by atoms with van der Waals surface area (Å²) in [6.07, 6.45) is 0.931. The average molecular weight is 122 g/mol. The van der Waals surface area contributed by atoms with E-state index in [1.165, 1.54) is 0 Å². The first kappa shape index (κ1) is 7.23. The van der Waals surface area contributed by atoms with Crippen LogP contribution >= 0.6 is 13.5 Å². The molecule has 7 heavy (non-hydrogen) atoms. The van der Waals surface area contributed by atoms with Crippen LogP contribution in [-0.4, -0.2) is 13.2 Å². The first-order chi connectivity index (χ1) is 3.00. The smallest absolute Gasteiger partial charge is 0.0877 e. The lowest BCUT2D eigenvalue weighted by Gasteiger charge is -2.06. The van der Waals surface area contributed by atoms with Crippen LogP contribution in [0.4, 0.5) is 0 Å². The van der Waals surface area contributed by atoms with Gasteiger partial charge >= 0.3 is 0 Å². The maximum absolute atomic E-state index is 4.35. The molecule has 0 spiro atoms. The summed E-state index contributed by atoms with van der Waals surface area (Å²) < 4.78 is 0. The van der Waals surface area contributed by atoms with Crippen molar-refractivity contribution >= 4 is 13.5 Å². The summed E-state index contributed by atoms with van der Waals surface area (Å²) in [6, 6.07) is 0. The van der Waals surface area contributed by atoms with E-state index in [4.69, 9.17) is 0 Å². The molecule has 0 aromatic carbocycles. The second-order valence-corrected chi connectivity index (χ2v) is 1.07. The van der Waals surface area contributed by atoms with Crippen LogP contribution in [0.3, 0.4) is 0 Å². The largest absolute Gasteiger partial charge is 0.206 e. The second-order valence-electron chi connectivity index (χ2n) is 1.07. The van der Waals surface area contributed by atoms with Crippen molar-refractivity contribution < 1.29 is 14.8 Å². The molecule has 2 radical (unpaired) electrons. The predicted molar refractivity (Wildman–Crippen MR) is 25.2 cm³/mol. The van der Waals surface area contributed by atoms with Gasteiger partial charge in [0.1, 0.15) is 0 Å². The van der Waals surface area contributed by atoms with Gasteiger partial charge in [0.2, 0.25) is 0 Å². The minimum atomic E-state index is 0. The maximum atomic E-state index is 4.35. The van der Waals surface area contributed by atoms with Crippen LogP contribution in [0.15, 0.2) is 0 Å². The van der Waals surface area contributed by atoms with E-state index in [-0.39, 0.29) is 13.5 Å². The van der Waals surface area contributed by atoms with Crippen molar-refractivity contribution in [2.24, 2.45) is 0 Å². The normalized spacial score (nSPS) is 20.6. The number of hydrogen-bond donors (Lipinski definition) is 0. The summed E-state index contributed by atoms with van der Waals surface area (Å²) in [7, 11) is 0. The molecule has 0 bridgehead atoms. The van der Waals surface area contributed by atoms with Gasteiger partial charge in [0.05, 0.1) is 13.2 Å². The van der Waals surface area contributed by atoms with Gasteiger partial charge in [0.25, 0.3) is 0 Å². The van der Waals surface area contributed by atoms with E-state index in [0.29, 0.717) is 13.2 Å². The molecule has 1 fully saturated rings. The highest BCUT2D eigenvalue weighted by Gasteiger charge is 1.96. The minimum absolute atomic E-state index is 0. The fraction of sp³-hybridized carbons (Fsp3) is 1.00. The predicted octanol–water partition coefficient (Wildman–Crippen LogP) is 0.918. The highest BCUT2D eigenvalue weighted by molar-refractivity contribution is 7.59. The highest BCUT2D eigenvalue weighted by atomic mass is 32.1. The van der Waals surface area contributed by atoms with E-state index in [0.717, 1.165) is 6.42 Å². The summed E-state index contributed by atoms with van der Waals surface area (Å²) in [5, 5.41) is 4.07. The molecule has 0 amide bonds. The Morgan fingerprint density at radius 3 is 1.71 bits per heavy atom. The molecule has 0 atom stereocenters. The second kappa shape index (κ2) is 4.39. The molecule has 0 aliphatic carbocycles. The van der Waals surface area contributed by atoms with Crippen molar-refractivity contribution in [1.82, 2.24) is 0 Å². The van der Waals surface area contributed by atoms with Crippen molar-refractivity contribution in [1.29, 1.82) is 0 Å². The molecule has 1 rings (SSSR count). The van der Waals surface area contributed by atoms with Crippen LogP contribution in [0.5, 0.6) is 0 Å². The lowest BCUT2D eigenvalue weighted by Crippen LogP contribution is -2.08. The molecule has 0 aromatic rings. The summed E-state index contributed by atoms with van der Waals surface area (Å²) in [6.45, 7) is 1.31. The lowest BCUT2D eigenvalue weighted by atomic mass is 10.5. The van der Waals surface area contributed by atoms with Crippen LogP contribution in [0.25, 0.3) is 0 Å². The molecule has 42 valence electrons. The molecule has 0 saturated carbocycles. The van der Waals surface area contributed by atoms with E-state index in [1.807, 2.05) is 0 Å². The van der Waals surface area contributed by atoms with Gasteiger partial charge in [-0.3, -0.25) is 0 Å². The van der Waals surface area contributed by atoms with Gasteiger partial charge in [-0.1, -0.05) is 5.04 Å². The molecule has 0 N–H and O–H groups in total. The summed E-state index contributed by atoms with van der Waals surface area (Å²) >= 11 is 0. The molecule has 0 unspecified atom stereocenters. The zero-order valence-electron chi connectivity index (χ0n) is 3.75. The van der Waals surface area contributed by atoms with Crippen LogP contribution in [0, 0.1) is 0 Å². The minimum Gasteiger partial charge on any atom is -0.206 e. The Morgan fingerprint density at radius 1 is 1.00 bits per heavy atom. The van der Waals surface area contributed by atoms with Gasteiger partial charge in [-0.25, -0.2) is 9.78 Å². The van der Waals surface area contributed by atoms with Crippen molar-refractivity contribution in [3.8, 4) is 0 Å². The Balaban J connectivity index is 0.000000360. The zero-order chi connectivity index (χ0) is 4.24. The topological polar surface area (TPSA) is 27.7 Å². The SMILES string of the molecule is C1COOOC1.[S]. The van der Waals surface area contributed by atoms with Gasteiger partial charge in [-0.05, 0) is 0 Å². The van der Waals surface area contributed by atoms with E-state index in [1.54, 1.807) is 0 Å². The molecule has 4 heteroatoms. The lowest BCUT2D eigenvalue weighted by molar-refractivity contribution is -0.532. The van der Waals surface area contributed by atoms with Crippen LogP contribution in [-0.2, 0) is 14.8 Å². The van der Waals surface area contributed by atoms with Gasteiger partial charge in [0.15, 0.2) is 0 Å². The number of rotatable bonds is 0. The van der Waals surface area contributed by atoms with Gasteiger partial charge in [0, 0.05) is 19.9 Å². The van der Waals surface area contributed by atoms with Gasteiger partial charge in [-0.15, -0.1) is 0 Å². The van der Waals surface area contributed by atoms with Crippen molar-refractivity contribution in [2.45, 2.75) is 6.42 Å². The first-order valence-electron chi connectivity index (χ1n) is 1.91. The summed E-state index contributed by atoms with van der Waals surface area (Å²) in [4.78, 5) is 8.69.